The van der Waals surface area contributed by atoms with Crippen LogP contribution in [0.5, 0.6) is 0 Å². The van der Waals surface area contributed by atoms with E-state index in [0.717, 1.165) is 19.4 Å². The SMILES string of the molecule is CC(C)(C)OC(=O)NC1CCCN(c2ccccc2C(=O)O)C1. The molecule has 0 bridgehead atoms. The Bertz CT molecular complexity index is 580. The summed E-state index contributed by atoms with van der Waals surface area (Å²) in [6, 6.07) is 6.89. The number of benzene rings is 1. The fraction of sp³-hybridized carbons (Fsp3) is 0.529. The Morgan fingerprint density at radius 3 is 2.65 bits per heavy atom. The van der Waals surface area contributed by atoms with Gasteiger partial charge in [0.15, 0.2) is 0 Å². The average Bonchev–Trinajstić information content (AvgIpc) is 2.45. The van der Waals surface area contributed by atoms with Gasteiger partial charge in [-0.25, -0.2) is 9.59 Å². The fourth-order valence-electron chi connectivity index (χ4n) is 2.72. The molecule has 6 heteroatoms. The van der Waals surface area contributed by atoms with Gasteiger partial charge in [-0.05, 0) is 45.7 Å². The Balaban J connectivity index is 2.04. The molecular weight excluding hydrogens is 296 g/mol. The van der Waals surface area contributed by atoms with Crippen LogP contribution in [0.15, 0.2) is 24.3 Å². The van der Waals surface area contributed by atoms with E-state index in [1.165, 1.54) is 0 Å². The summed E-state index contributed by atoms with van der Waals surface area (Å²) < 4.78 is 5.28. The summed E-state index contributed by atoms with van der Waals surface area (Å²) in [5, 5.41) is 12.2. The van der Waals surface area contributed by atoms with Crippen molar-refractivity contribution in [2.45, 2.75) is 45.3 Å². The largest absolute Gasteiger partial charge is 0.478 e. The van der Waals surface area contributed by atoms with Gasteiger partial charge in [0.05, 0.1) is 11.3 Å². The monoisotopic (exact) mass is 320 g/mol. The summed E-state index contributed by atoms with van der Waals surface area (Å²) in [5.74, 6) is -0.942. The number of carboxylic acids is 1. The van der Waals surface area contributed by atoms with E-state index in [9.17, 15) is 14.7 Å². The maximum atomic E-state index is 11.9. The number of aromatic carboxylic acids is 1. The maximum Gasteiger partial charge on any atom is 0.407 e. The molecule has 1 atom stereocenters. The molecule has 1 aliphatic rings. The number of nitrogens with one attached hydrogen (secondary N) is 1. The van der Waals surface area contributed by atoms with Crippen molar-refractivity contribution in [2.24, 2.45) is 0 Å². The van der Waals surface area contributed by atoms with Crippen LogP contribution in [0.4, 0.5) is 10.5 Å². The zero-order valence-electron chi connectivity index (χ0n) is 13.8. The minimum Gasteiger partial charge on any atom is -0.478 e. The number of piperidine rings is 1. The van der Waals surface area contributed by atoms with Crippen molar-refractivity contribution in [2.75, 3.05) is 18.0 Å². The van der Waals surface area contributed by atoms with Gasteiger partial charge in [0, 0.05) is 19.1 Å². The lowest BCUT2D eigenvalue weighted by atomic mass is 10.0. The molecule has 1 saturated heterocycles. The molecule has 0 spiro atoms. The lowest BCUT2D eigenvalue weighted by Gasteiger charge is -2.35. The number of alkyl carbamates (subject to hydrolysis) is 1. The van der Waals surface area contributed by atoms with Crippen molar-refractivity contribution in [1.82, 2.24) is 5.32 Å². The molecule has 2 rings (SSSR count). The first kappa shape index (κ1) is 17.1. The van der Waals surface area contributed by atoms with E-state index in [4.69, 9.17) is 4.74 Å². The number of nitrogens with zero attached hydrogens (tertiary/aromatic N) is 1. The predicted molar refractivity (Wildman–Crippen MR) is 88.0 cm³/mol. The molecule has 1 aliphatic heterocycles. The number of hydrogen-bond acceptors (Lipinski definition) is 4. The number of amides is 1. The molecule has 0 radical (unpaired) electrons. The van der Waals surface area contributed by atoms with Gasteiger partial charge in [0.25, 0.3) is 0 Å². The highest BCUT2D eigenvalue weighted by Crippen LogP contribution is 2.24. The third kappa shape index (κ3) is 4.87. The number of anilines is 1. The van der Waals surface area contributed by atoms with E-state index in [1.54, 1.807) is 18.2 Å². The van der Waals surface area contributed by atoms with E-state index < -0.39 is 17.7 Å². The maximum absolute atomic E-state index is 11.9. The van der Waals surface area contributed by atoms with Crippen molar-refractivity contribution in [3.8, 4) is 0 Å². The van der Waals surface area contributed by atoms with E-state index in [2.05, 4.69) is 5.32 Å². The van der Waals surface area contributed by atoms with Gasteiger partial charge >= 0.3 is 12.1 Å². The van der Waals surface area contributed by atoms with Crippen molar-refractivity contribution < 1.29 is 19.4 Å². The van der Waals surface area contributed by atoms with Gasteiger partial charge in [0.2, 0.25) is 0 Å². The first-order valence-electron chi connectivity index (χ1n) is 7.83. The number of carbonyl (C=O) groups is 2. The molecule has 1 fully saturated rings. The number of hydrogen-bond donors (Lipinski definition) is 2. The third-order valence-corrected chi connectivity index (χ3v) is 3.62. The van der Waals surface area contributed by atoms with Crippen LogP contribution in [0, 0.1) is 0 Å². The Morgan fingerprint density at radius 2 is 2.00 bits per heavy atom. The Kier molecular flexibility index (Phi) is 5.13. The van der Waals surface area contributed by atoms with Crippen LogP contribution in [0.25, 0.3) is 0 Å². The van der Waals surface area contributed by atoms with Crippen molar-refractivity contribution in [1.29, 1.82) is 0 Å². The molecular formula is C17H24N2O4. The Morgan fingerprint density at radius 1 is 1.30 bits per heavy atom. The van der Waals surface area contributed by atoms with Crippen LogP contribution in [-0.2, 0) is 4.74 Å². The molecule has 1 unspecified atom stereocenters. The third-order valence-electron chi connectivity index (χ3n) is 3.62. The molecule has 126 valence electrons. The van der Waals surface area contributed by atoms with Crippen LogP contribution in [0.3, 0.4) is 0 Å². The first-order chi connectivity index (χ1) is 10.8. The highest BCUT2D eigenvalue weighted by molar-refractivity contribution is 5.94. The number of carboxylic acid groups (broad SMARTS) is 1. The summed E-state index contributed by atoms with van der Waals surface area (Å²) in [4.78, 5) is 25.3. The van der Waals surface area contributed by atoms with Crippen LogP contribution in [0.2, 0.25) is 0 Å². The molecule has 0 saturated carbocycles. The predicted octanol–water partition coefficient (Wildman–Crippen LogP) is 2.88. The number of ether oxygens (including phenoxy) is 1. The molecule has 6 nitrogen and oxygen atoms in total. The van der Waals surface area contributed by atoms with Gasteiger partial charge < -0.3 is 20.1 Å². The zero-order valence-corrected chi connectivity index (χ0v) is 13.8. The normalized spacial score (nSPS) is 18.4. The second kappa shape index (κ2) is 6.89. The van der Waals surface area contributed by atoms with E-state index >= 15 is 0 Å². The van der Waals surface area contributed by atoms with Crippen LogP contribution < -0.4 is 10.2 Å². The van der Waals surface area contributed by atoms with Gasteiger partial charge in [-0.3, -0.25) is 0 Å². The number of carbonyl (C=O) groups excluding carboxylic acids is 1. The first-order valence-corrected chi connectivity index (χ1v) is 7.83. The van der Waals surface area contributed by atoms with E-state index in [-0.39, 0.29) is 11.6 Å². The van der Waals surface area contributed by atoms with Gasteiger partial charge in [-0.2, -0.15) is 0 Å². The highest BCUT2D eigenvalue weighted by Gasteiger charge is 2.26. The summed E-state index contributed by atoms with van der Waals surface area (Å²) in [6.07, 6.45) is 1.30. The molecule has 1 heterocycles. The topological polar surface area (TPSA) is 78.9 Å². The molecule has 1 aromatic carbocycles. The van der Waals surface area contributed by atoms with Crippen molar-refractivity contribution >= 4 is 17.7 Å². The quantitative estimate of drug-likeness (QED) is 0.895. The van der Waals surface area contributed by atoms with Gasteiger partial charge in [-0.15, -0.1) is 0 Å². The van der Waals surface area contributed by atoms with Crippen LogP contribution >= 0.6 is 0 Å². The lowest BCUT2D eigenvalue weighted by Crippen LogP contribution is -2.49. The summed E-state index contributed by atoms with van der Waals surface area (Å²) in [6.45, 7) is 6.81. The molecule has 23 heavy (non-hydrogen) atoms. The standard InChI is InChI=1S/C17H24N2O4/c1-17(2,3)23-16(22)18-12-7-6-10-19(11-12)14-9-5-4-8-13(14)15(20)21/h4-5,8-9,12H,6-7,10-11H2,1-3H3,(H,18,22)(H,20,21). The second-order valence-electron chi connectivity index (χ2n) is 6.75. The van der Waals surface area contributed by atoms with Crippen LogP contribution in [0.1, 0.15) is 44.0 Å². The molecule has 0 aliphatic carbocycles. The van der Waals surface area contributed by atoms with Crippen molar-refractivity contribution in [3.05, 3.63) is 29.8 Å². The average molecular weight is 320 g/mol. The lowest BCUT2D eigenvalue weighted by molar-refractivity contribution is 0.0499. The van der Waals surface area contributed by atoms with Crippen LogP contribution in [-0.4, -0.2) is 41.9 Å². The minimum absolute atomic E-state index is 0.0551. The van der Waals surface area contributed by atoms with E-state index in [1.807, 2.05) is 31.7 Å². The highest BCUT2D eigenvalue weighted by atomic mass is 16.6. The Hall–Kier alpha value is -2.24. The summed E-state index contributed by atoms with van der Waals surface area (Å²) in [5.41, 5.74) is 0.440. The summed E-state index contributed by atoms with van der Waals surface area (Å²) in [7, 11) is 0. The smallest absolute Gasteiger partial charge is 0.407 e. The Labute approximate surface area is 136 Å². The minimum atomic E-state index is -0.942. The molecule has 2 N–H and O–H groups in total. The molecule has 0 aromatic heterocycles. The van der Waals surface area contributed by atoms with E-state index in [0.29, 0.717) is 12.2 Å². The van der Waals surface area contributed by atoms with Crippen molar-refractivity contribution in [3.63, 3.8) is 0 Å². The molecule has 1 aromatic rings. The number of para-hydroxylation sites is 1. The second-order valence-corrected chi connectivity index (χ2v) is 6.75. The number of rotatable bonds is 3. The van der Waals surface area contributed by atoms with Gasteiger partial charge in [0.1, 0.15) is 5.60 Å². The summed E-state index contributed by atoms with van der Waals surface area (Å²) >= 11 is 0. The fourth-order valence-corrected chi connectivity index (χ4v) is 2.72. The van der Waals surface area contributed by atoms with Gasteiger partial charge in [-0.1, -0.05) is 12.1 Å². The zero-order chi connectivity index (χ0) is 17.0. The molecule has 1 amide bonds.